The lowest BCUT2D eigenvalue weighted by atomic mass is 10.3. The van der Waals surface area contributed by atoms with Gasteiger partial charge in [0.05, 0.1) is 4.88 Å². The molecule has 0 aliphatic rings. The molecule has 0 fully saturated rings. The molecular weight excluding hydrogens is 233 g/mol. The van der Waals surface area contributed by atoms with Crippen molar-refractivity contribution in [2.45, 2.75) is 0 Å². The summed E-state index contributed by atoms with van der Waals surface area (Å²) in [5, 5.41) is 0.769. The summed E-state index contributed by atoms with van der Waals surface area (Å²) in [6.07, 6.45) is 1.73. The van der Waals surface area contributed by atoms with Crippen molar-refractivity contribution in [3.63, 3.8) is 0 Å². The van der Waals surface area contributed by atoms with Gasteiger partial charge in [-0.1, -0.05) is 34.1 Å². The van der Waals surface area contributed by atoms with Crippen LogP contribution in [0.15, 0.2) is 12.8 Å². The van der Waals surface area contributed by atoms with Crippen molar-refractivity contribution in [2.24, 2.45) is 0 Å². The fraction of sp³-hybridized carbons (Fsp3) is 0.167. The third-order valence-corrected chi connectivity index (χ3v) is 2.88. The quantitative estimate of drug-likeness (QED) is 0.721. The van der Waals surface area contributed by atoms with Crippen LogP contribution in [0.5, 0.6) is 0 Å². The largest absolute Gasteiger partial charge is 0.233 e. The van der Waals surface area contributed by atoms with E-state index in [0.717, 1.165) is 15.8 Å². The van der Waals surface area contributed by atoms with Gasteiger partial charge in [-0.15, -0.1) is 11.3 Å². The minimum Gasteiger partial charge on any atom is -0.233 e. The van der Waals surface area contributed by atoms with Gasteiger partial charge in [-0.05, 0) is 5.57 Å². The first-order valence-electron chi connectivity index (χ1n) is 2.59. The van der Waals surface area contributed by atoms with Gasteiger partial charge in [-0.3, -0.25) is 0 Å². The molecule has 54 valence electrons. The van der Waals surface area contributed by atoms with Crippen LogP contribution in [0.2, 0.25) is 4.47 Å². The summed E-state index contributed by atoms with van der Waals surface area (Å²) in [6.45, 7) is 3.82. The van der Waals surface area contributed by atoms with Gasteiger partial charge in [-0.25, -0.2) is 4.98 Å². The van der Waals surface area contributed by atoms with Gasteiger partial charge < -0.3 is 0 Å². The molecule has 1 heterocycles. The van der Waals surface area contributed by atoms with E-state index in [4.69, 9.17) is 11.6 Å². The zero-order valence-corrected chi connectivity index (χ0v) is 8.26. The number of hydrogen-bond acceptors (Lipinski definition) is 2. The van der Waals surface area contributed by atoms with Crippen LogP contribution in [-0.2, 0) is 0 Å². The molecule has 0 saturated heterocycles. The summed E-state index contributed by atoms with van der Waals surface area (Å²) in [5.41, 5.74) is 1.02. The Morgan fingerprint density at radius 1 is 1.90 bits per heavy atom. The second-order valence-electron chi connectivity index (χ2n) is 1.71. The summed E-state index contributed by atoms with van der Waals surface area (Å²) in [7, 11) is 0. The smallest absolute Gasteiger partial charge is 0.184 e. The lowest BCUT2D eigenvalue weighted by Crippen LogP contribution is -1.74. The van der Waals surface area contributed by atoms with Crippen LogP contribution in [0.4, 0.5) is 0 Å². The fourth-order valence-electron chi connectivity index (χ4n) is 0.482. The average molecular weight is 239 g/mol. The molecule has 0 N–H and O–H groups in total. The summed E-state index contributed by atoms with van der Waals surface area (Å²) in [6, 6.07) is 0. The number of alkyl halides is 1. The molecule has 0 spiro atoms. The highest BCUT2D eigenvalue weighted by Crippen LogP contribution is 2.24. The predicted octanol–water partition coefficient (Wildman–Crippen LogP) is 3.20. The van der Waals surface area contributed by atoms with Crippen LogP contribution < -0.4 is 0 Å². The van der Waals surface area contributed by atoms with Gasteiger partial charge in [-0.2, -0.15) is 0 Å². The normalized spacial score (nSPS) is 9.80. The zero-order valence-electron chi connectivity index (χ0n) is 5.10. The van der Waals surface area contributed by atoms with E-state index in [0.29, 0.717) is 4.47 Å². The molecule has 10 heavy (non-hydrogen) atoms. The molecule has 0 unspecified atom stereocenters. The maximum absolute atomic E-state index is 5.61. The van der Waals surface area contributed by atoms with E-state index in [9.17, 15) is 0 Å². The van der Waals surface area contributed by atoms with Crippen LogP contribution in [0.1, 0.15) is 4.88 Å². The van der Waals surface area contributed by atoms with Crippen LogP contribution in [-0.4, -0.2) is 10.3 Å². The van der Waals surface area contributed by atoms with Gasteiger partial charge in [0.2, 0.25) is 0 Å². The maximum Gasteiger partial charge on any atom is 0.184 e. The second-order valence-corrected chi connectivity index (χ2v) is 3.89. The lowest BCUT2D eigenvalue weighted by Gasteiger charge is -1.91. The standard InChI is InChI=1S/C6H5BrClNS/c1-4(2-7)5-3-9-6(8)10-5/h3H,1-2H2. The molecule has 0 aliphatic carbocycles. The van der Waals surface area contributed by atoms with Crippen molar-refractivity contribution >= 4 is 44.4 Å². The van der Waals surface area contributed by atoms with Crippen molar-refractivity contribution in [3.05, 3.63) is 22.1 Å². The fourth-order valence-corrected chi connectivity index (χ4v) is 1.88. The number of allylic oxidation sites excluding steroid dienone is 1. The first-order valence-corrected chi connectivity index (χ1v) is 4.91. The molecule has 0 atom stereocenters. The maximum atomic E-state index is 5.61. The Labute approximate surface area is 76.9 Å². The van der Waals surface area contributed by atoms with Gasteiger partial charge >= 0.3 is 0 Å². The highest BCUT2D eigenvalue weighted by molar-refractivity contribution is 9.09. The SMILES string of the molecule is C=C(CBr)c1cnc(Cl)s1. The number of hydrogen-bond donors (Lipinski definition) is 0. The van der Waals surface area contributed by atoms with E-state index in [-0.39, 0.29) is 0 Å². The number of aromatic nitrogens is 1. The van der Waals surface area contributed by atoms with Crippen LogP contribution in [0, 0.1) is 0 Å². The molecule has 0 amide bonds. The summed E-state index contributed by atoms with van der Waals surface area (Å²) in [4.78, 5) is 4.93. The summed E-state index contributed by atoms with van der Waals surface area (Å²) >= 11 is 10.4. The molecule has 0 aromatic carbocycles. The van der Waals surface area contributed by atoms with Gasteiger partial charge in [0.1, 0.15) is 0 Å². The summed E-state index contributed by atoms with van der Waals surface area (Å²) < 4.78 is 0.567. The zero-order chi connectivity index (χ0) is 7.56. The van der Waals surface area contributed by atoms with E-state index in [1.54, 1.807) is 6.20 Å². The van der Waals surface area contributed by atoms with Crippen LogP contribution in [0.3, 0.4) is 0 Å². The van der Waals surface area contributed by atoms with E-state index in [1.165, 1.54) is 11.3 Å². The molecule has 1 rings (SSSR count). The number of halogens is 2. The molecule has 4 heteroatoms. The number of nitrogens with zero attached hydrogens (tertiary/aromatic N) is 1. The predicted molar refractivity (Wildman–Crippen MR) is 50.0 cm³/mol. The van der Waals surface area contributed by atoms with E-state index in [1.807, 2.05) is 0 Å². The Morgan fingerprint density at radius 2 is 2.60 bits per heavy atom. The Hall–Kier alpha value is 0.140. The van der Waals surface area contributed by atoms with E-state index in [2.05, 4.69) is 27.5 Å². The minimum absolute atomic E-state index is 0.567. The molecule has 0 saturated carbocycles. The molecule has 1 aromatic heterocycles. The van der Waals surface area contributed by atoms with E-state index >= 15 is 0 Å². The monoisotopic (exact) mass is 237 g/mol. The highest BCUT2D eigenvalue weighted by Gasteiger charge is 2.00. The lowest BCUT2D eigenvalue weighted by molar-refractivity contribution is 1.41. The van der Waals surface area contributed by atoms with Crippen LogP contribution in [0.25, 0.3) is 5.57 Å². The molecule has 1 aromatic rings. The third kappa shape index (κ3) is 1.81. The first kappa shape index (κ1) is 8.24. The van der Waals surface area contributed by atoms with Crippen molar-refractivity contribution in [1.29, 1.82) is 0 Å². The second kappa shape index (κ2) is 3.51. The Balaban J connectivity index is 2.85. The molecule has 0 aliphatic heterocycles. The summed E-state index contributed by atoms with van der Waals surface area (Å²) in [5.74, 6) is 0. The average Bonchev–Trinajstić information content (AvgIpc) is 2.34. The van der Waals surface area contributed by atoms with Crippen molar-refractivity contribution < 1.29 is 0 Å². The van der Waals surface area contributed by atoms with Gasteiger partial charge in [0, 0.05) is 11.5 Å². The molecule has 0 radical (unpaired) electrons. The first-order chi connectivity index (χ1) is 4.74. The van der Waals surface area contributed by atoms with Gasteiger partial charge in [0.25, 0.3) is 0 Å². The molecule has 1 nitrogen and oxygen atoms in total. The Kier molecular flexibility index (Phi) is 2.89. The van der Waals surface area contributed by atoms with Crippen LogP contribution >= 0.6 is 38.9 Å². The molecule has 0 bridgehead atoms. The topological polar surface area (TPSA) is 12.9 Å². The van der Waals surface area contributed by atoms with Crippen molar-refractivity contribution in [3.8, 4) is 0 Å². The van der Waals surface area contributed by atoms with Gasteiger partial charge in [0.15, 0.2) is 4.47 Å². The van der Waals surface area contributed by atoms with Crippen molar-refractivity contribution in [2.75, 3.05) is 5.33 Å². The number of thiazole rings is 1. The molecular formula is C6H5BrClNS. The number of rotatable bonds is 2. The van der Waals surface area contributed by atoms with Crippen molar-refractivity contribution in [1.82, 2.24) is 4.98 Å². The Morgan fingerprint density at radius 3 is 3.00 bits per heavy atom. The Bertz CT molecular complexity index is 246. The minimum atomic E-state index is 0.567. The van der Waals surface area contributed by atoms with E-state index < -0.39 is 0 Å². The highest BCUT2D eigenvalue weighted by atomic mass is 79.9. The third-order valence-electron chi connectivity index (χ3n) is 0.987.